The van der Waals surface area contributed by atoms with Gasteiger partial charge < -0.3 is 9.47 Å². The molecule has 1 heterocycles. The van der Waals surface area contributed by atoms with Gasteiger partial charge in [-0.1, -0.05) is 29.3 Å². The Morgan fingerprint density at radius 3 is 2.14 bits per heavy atom. The number of alkyl halides is 3. The second-order valence-corrected chi connectivity index (χ2v) is 6.65. The average molecular weight is 446 g/mol. The lowest BCUT2D eigenvalue weighted by atomic mass is 10.1. The molecule has 0 unspecified atom stereocenters. The van der Waals surface area contributed by atoms with Crippen LogP contribution in [0, 0.1) is 0 Å². The molecule has 0 saturated heterocycles. The van der Waals surface area contributed by atoms with Crippen molar-refractivity contribution in [2.45, 2.75) is 6.18 Å². The zero-order valence-corrected chi connectivity index (χ0v) is 16.4. The number of anilines is 1. The minimum atomic E-state index is -4.76. The molecule has 2 aromatic carbocycles. The Kier molecular flexibility index (Phi) is 5.51. The molecule has 1 aliphatic rings. The van der Waals surface area contributed by atoms with Crippen molar-refractivity contribution in [1.29, 1.82) is 0 Å². The first-order valence-corrected chi connectivity index (χ1v) is 8.73. The number of rotatable bonds is 4. The second-order valence-electron chi connectivity index (χ2n) is 5.87. The molecule has 152 valence electrons. The minimum absolute atomic E-state index is 0.166. The molecular formula is C19H12Cl2F3NO4. The van der Waals surface area contributed by atoms with E-state index in [4.69, 9.17) is 32.7 Å². The summed E-state index contributed by atoms with van der Waals surface area (Å²) < 4.78 is 49.7. The van der Waals surface area contributed by atoms with E-state index in [9.17, 15) is 22.8 Å². The zero-order valence-electron chi connectivity index (χ0n) is 14.9. The highest BCUT2D eigenvalue weighted by atomic mass is 35.5. The standard InChI is InChI=1S/C19H12Cl2F3NO4/c1-28-13-6-3-9(7-14(13)29-2)15-16(21)18(27)25(17(15)26)10-4-5-12(20)11(8-10)19(22,23)24/h3-8H,1-2H3. The van der Waals surface area contributed by atoms with Crippen LogP contribution in [0.5, 0.6) is 11.5 Å². The van der Waals surface area contributed by atoms with Crippen LogP contribution in [0.3, 0.4) is 0 Å². The van der Waals surface area contributed by atoms with Crippen LogP contribution in [0.15, 0.2) is 41.4 Å². The molecule has 5 nitrogen and oxygen atoms in total. The predicted molar refractivity (Wildman–Crippen MR) is 101 cm³/mol. The maximum Gasteiger partial charge on any atom is 0.417 e. The maximum absolute atomic E-state index is 13.1. The second kappa shape index (κ2) is 7.61. The van der Waals surface area contributed by atoms with E-state index in [0.717, 1.165) is 12.1 Å². The van der Waals surface area contributed by atoms with Crippen molar-refractivity contribution in [1.82, 2.24) is 0 Å². The third kappa shape index (κ3) is 3.65. The van der Waals surface area contributed by atoms with Gasteiger partial charge in [0, 0.05) is 0 Å². The van der Waals surface area contributed by atoms with E-state index >= 15 is 0 Å². The first-order valence-electron chi connectivity index (χ1n) is 7.97. The van der Waals surface area contributed by atoms with E-state index in [1.165, 1.54) is 32.4 Å². The third-order valence-electron chi connectivity index (χ3n) is 4.21. The third-order valence-corrected chi connectivity index (χ3v) is 4.89. The monoisotopic (exact) mass is 445 g/mol. The predicted octanol–water partition coefficient (Wildman–Crippen LogP) is 4.90. The van der Waals surface area contributed by atoms with Crippen LogP contribution in [0.2, 0.25) is 5.02 Å². The Labute approximate surface area is 173 Å². The van der Waals surface area contributed by atoms with Gasteiger partial charge in [0.15, 0.2) is 11.5 Å². The number of amides is 2. The van der Waals surface area contributed by atoms with Gasteiger partial charge >= 0.3 is 6.18 Å². The summed E-state index contributed by atoms with van der Waals surface area (Å²) in [5.41, 5.74) is -1.39. The van der Waals surface area contributed by atoms with Crippen LogP contribution in [-0.4, -0.2) is 26.0 Å². The van der Waals surface area contributed by atoms with Crippen molar-refractivity contribution < 1.29 is 32.2 Å². The van der Waals surface area contributed by atoms with Gasteiger partial charge in [-0.05, 0) is 35.9 Å². The number of imide groups is 1. The quantitative estimate of drug-likeness (QED) is 0.628. The van der Waals surface area contributed by atoms with E-state index < -0.39 is 33.6 Å². The molecule has 0 aromatic heterocycles. The fourth-order valence-corrected chi connectivity index (χ4v) is 3.35. The summed E-state index contributed by atoms with van der Waals surface area (Å²) in [4.78, 5) is 26.0. The van der Waals surface area contributed by atoms with Crippen molar-refractivity contribution in [3.8, 4) is 11.5 Å². The van der Waals surface area contributed by atoms with Crippen molar-refractivity contribution in [2.75, 3.05) is 19.1 Å². The van der Waals surface area contributed by atoms with Gasteiger partial charge in [0.25, 0.3) is 11.8 Å². The van der Waals surface area contributed by atoms with E-state index in [0.29, 0.717) is 16.7 Å². The molecule has 0 atom stereocenters. The summed E-state index contributed by atoms with van der Waals surface area (Å²) in [6.45, 7) is 0. The molecule has 0 saturated carbocycles. The van der Waals surface area contributed by atoms with Crippen LogP contribution < -0.4 is 14.4 Å². The molecule has 2 aromatic rings. The van der Waals surface area contributed by atoms with Gasteiger partial charge in [-0.3, -0.25) is 9.59 Å². The lowest BCUT2D eigenvalue weighted by Crippen LogP contribution is -2.31. The molecule has 0 fully saturated rings. The Balaban J connectivity index is 2.06. The topological polar surface area (TPSA) is 55.8 Å². The fraction of sp³-hybridized carbons (Fsp3) is 0.158. The number of carbonyl (C=O) groups is 2. The minimum Gasteiger partial charge on any atom is -0.493 e. The molecule has 0 radical (unpaired) electrons. The lowest BCUT2D eigenvalue weighted by Gasteiger charge is -2.18. The van der Waals surface area contributed by atoms with E-state index in [-0.39, 0.29) is 22.6 Å². The number of nitrogens with zero attached hydrogens (tertiary/aromatic N) is 1. The van der Waals surface area contributed by atoms with Gasteiger partial charge in [-0.2, -0.15) is 13.2 Å². The first kappa shape index (κ1) is 21.0. The molecule has 29 heavy (non-hydrogen) atoms. The zero-order chi connectivity index (χ0) is 21.5. The number of benzene rings is 2. The Morgan fingerprint density at radius 1 is 0.897 bits per heavy atom. The molecule has 0 spiro atoms. The highest BCUT2D eigenvalue weighted by molar-refractivity contribution is 6.60. The SMILES string of the molecule is COc1ccc(C2=C(Cl)C(=O)N(c3ccc(Cl)c(C(F)(F)F)c3)C2=O)cc1OC. The summed E-state index contributed by atoms with van der Waals surface area (Å²) in [7, 11) is 2.81. The highest BCUT2D eigenvalue weighted by Gasteiger charge is 2.41. The van der Waals surface area contributed by atoms with Crippen molar-refractivity contribution in [3.05, 3.63) is 57.6 Å². The molecule has 1 aliphatic heterocycles. The lowest BCUT2D eigenvalue weighted by molar-refractivity contribution is -0.137. The van der Waals surface area contributed by atoms with E-state index in [1.54, 1.807) is 0 Å². The van der Waals surface area contributed by atoms with Gasteiger partial charge in [0.2, 0.25) is 0 Å². The molecule has 0 bridgehead atoms. The summed E-state index contributed by atoms with van der Waals surface area (Å²) in [5.74, 6) is -1.15. The number of hydrogen-bond donors (Lipinski definition) is 0. The smallest absolute Gasteiger partial charge is 0.417 e. The average Bonchev–Trinajstić information content (AvgIpc) is 2.89. The van der Waals surface area contributed by atoms with Crippen LogP contribution in [0.25, 0.3) is 5.57 Å². The van der Waals surface area contributed by atoms with Gasteiger partial charge in [-0.25, -0.2) is 4.90 Å². The van der Waals surface area contributed by atoms with Crippen molar-refractivity contribution in [3.63, 3.8) is 0 Å². The Hall–Kier alpha value is -2.71. The van der Waals surface area contributed by atoms with E-state index in [1.807, 2.05) is 0 Å². The Bertz CT molecular complexity index is 1050. The molecule has 10 heteroatoms. The summed E-state index contributed by atoms with van der Waals surface area (Å²) in [6.07, 6.45) is -4.76. The molecular weight excluding hydrogens is 434 g/mol. The van der Waals surface area contributed by atoms with Gasteiger partial charge in [-0.15, -0.1) is 0 Å². The number of carbonyl (C=O) groups excluding carboxylic acids is 2. The number of hydrogen-bond acceptors (Lipinski definition) is 4. The van der Waals surface area contributed by atoms with Gasteiger partial charge in [0.1, 0.15) is 5.03 Å². The van der Waals surface area contributed by atoms with Crippen molar-refractivity contribution in [2.24, 2.45) is 0 Å². The van der Waals surface area contributed by atoms with Crippen LogP contribution in [0.4, 0.5) is 18.9 Å². The van der Waals surface area contributed by atoms with Gasteiger partial charge in [0.05, 0.1) is 36.1 Å². The van der Waals surface area contributed by atoms with Crippen LogP contribution in [-0.2, 0) is 15.8 Å². The molecule has 2 amide bonds. The number of ether oxygens (including phenoxy) is 2. The first-order chi connectivity index (χ1) is 13.6. The van der Waals surface area contributed by atoms with Crippen molar-refractivity contribution >= 4 is 46.3 Å². The van der Waals surface area contributed by atoms with Crippen LogP contribution >= 0.6 is 23.2 Å². The molecule has 0 N–H and O–H groups in total. The summed E-state index contributed by atoms with van der Waals surface area (Å²) in [5, 5.41) is -0.981. The number of methoxy groups -OCH3 is 2. The molecule has 0 aliphatic carbocycles. The van der Waals surface area contributed by atoms with Crippen LogP contribution in [0.1, 0.15) is 11.1 Å². The summed E-state index contributed by atoms with van der Waals surface area (Å²) in [6, 6.07) is 7.15. The molecule has 3 rings (SSSR count). The number of halogens is 5. The maximum atomic E-state index is 13.1. The Morgan fingerprint density at radius 2 is 1.55 bits per heavy atom. The normalized spacial score (nSPS) is 14.7. The fourth-order valence-electron chi connectivity index (χ4n) is 2.85. The summed E-state index contributed by atoms with van der Waals surface area (Å²) >= 11 is 11.7. The highest BCUT2D eigenvalue weighted by Crippen LogP contribution is 2.41. The largest absolute Gasteiger partial charge is 0.493 e. The van der Waals surface area contributed by atoms with E-state index in [2.05, 4.69) is 0 Å².